The zero-order valence-corrected chi connectivity index (χ0v) is 17.5. The van der Waals surface area contributed by atoms with E-state index >= 15 is 0 Å². The van der Waals surface area contributed by atoms with Crippen LogP contribution in [-0.4, -0.2) is 45.3 Å². The molecule has 154 valence electrons. The van der Waals surface area contributed by atoms with Gasteiger partial charge in [-0.1, -0.05) is 31.2 Å². The van der Waals surface area contributed by atoms with Crippen molar-refractivity contribution < 1.29 is 4.74 Å². The van der Waals surface area contributed by atoms with Crippen LogP contribution in [0.1, 0.15) is 19.2 Å². The van der Waals surface area contributed by atoms with E-state index in [2.05, 4.69) is 29.0 Å². The van der Waals surface area contributed by atoms with Gasteiger partial charge in [0.25, 0.3) is 0 Å². The number of benzene rings is 1. The Labute approximate surface area is 175 Å². The second-order valence-electron chi connectivity index (χ2n) is 7.09. The lowest BCUT2D eigenvalue weighted by Crippen LogP contribution is -2.21. The van der Waals surface area contributed by atoms with E-state index in [1.165, 1.54) is 0 Å². The number of hydrogen-bond acceptors (Lipinski definition) is 7. The zero-order chi connectivity index (χ0) is 21.1. The standard InChI is InChI=1S/C22H25N7O/c1-5-15(2)13-23-21-16-9-8-10-17(30-4)20(16)24-22(25-21)28(3)14-19-27-26-18-11-6-7-12-29(18)19/h6-12H,2,5,13-14H2,1,3-4H3,(H,23,24,25). The van der Waals surface area contributed by atoms with E-state index < -0.39 is 0 Å². The third-order valence-electron chi connectivity index (χ3n) is 5.01. The average molecular weight is 403 g/mol. The lowest BCUT2D eigenvalue weighted by atomic mass is 10.2. The van der Waals surface area contributed by atoms with Crippen molar-refractivity contribution in [3.05, 3.63) is 60.6 Å². The van der Waals surface area contributed by atoms with Gasteiger partial charge < -0.3 is 15.0 Å². The molecule has 0 saturated carbocycles. The first-order valence-electron chi connectivity index (χ1n) is 9.85. The van der Waals surface area contributed by atoms with E-state index in [4.69, 9.17) is 14.7 Å². The normalized spacial score (nSPS) is 11.0. The van der Waals surface area contributed by atoms with Crippen LogP contribution in [-0.2, 0) is 6.54 Å². The largest absolute Gasteiger partial charge is 0.494 e. The van der Waals surface area contributed by atoms with Gasteiger partial charge in [0, 0.05) is 25.2 Å². The Hall–Kier alpha value is -3.68. The molecule has 1 aromatic carbocycles. The fourth-order valence-corrected chi connectivity index (χ4v) is 3.20. The van der Waals surface area contributed by atoms with Gasteiger partial charge >= 0.3 is 0 Å². The molecule has 4 rings (SSSR count). The molecule has 0 amide bonds. The molecule has 0 spiro atoms. The van der Waals surface area contributed by atoms with Crippen LogP contribution in [0.5, 0.6) is 5.75 Å². The fraction of sp³-hybridized carbons (Fsp3) is 0.273. The van der Waals surface area contributed by atoms with Crippen molar-refractivity contribution in [1.82, 2.24) is 24.6 Å². The maximum absolute atomic E-state index is 5.55. The molecular weight excluding hydrogens is 378 g/mol. The predicted octanol–water partition coefficient (Wildman–Crippen LogP) is 3.70. The first-order chi connectivity index (χ1) is 14.6. The maximum atomic E-state index is 5.55. The summed E-state index contributed by atoms with van der Waals surface area (Å²) in [5, 5.41) is 12.8. The van der Waals surface area contributed by atoms with E-state index in [-0.39, 0.29) is 0 Å². The highest BCUT2D eigenvalue weighted by Crippen LogP contribution is 2.30. The smallest absolute Gasteiger partial charge is 0.228 e. The molecule has 0 atom stereocenters. The van der Waals surface area contributed by atoms with E-state index in [1.54, 1.807) is 7.11 Å². The van der Waals surface area contributed by atoms with E-state index in [9.17, 15) is 0 Å². The molecule has 3 heterocycles. The molecule has 8 nitrogen and oxygen atoms in total. The molecule has 0 aliphatic rings. The molecule has 8 heteroatoms. The summed E-state index contributed by atoms with van der Waals surface area (Å²) in [7, 11) is 3.59. The Morgan fingerprint density at radius 3 is 2.83 bits per heavy atom. The number of hydrogen-bond donors (Lipinski definition) is 1. The molecule has 0 aliphatic heterocycles. The second-order valence-corrected chi connectivity index (χ2v) is 7.09. The third kappa shape index (κ3) is 3.76. The first-order valence-corrected chi connectivity index (χ1v) is 9.85. The van der Waals surface area contributed by atoms with Gasteiger partial charge in [-0.25, -0.2) is 4.98 Å². The van der Waals surface area contributed by atoms with Gasteiger partial charge in [0.1, 0.15) is 17.1 Å². The highest BCUT2D eigenvalue weighted by atomic mass is 16.5. The summed E-state index contributed by atoms with van der Waals surface area (Å²) in [5.74, 6) is 2.84. The summed E-state index contributed by atoms with van der Waals surface area (Å²) in [6, 6.07) is 11.7. The van der Waals surface area contributed by atoms with Gasteiger partial charge in [-0.2, -0.15) is 4.98 Å². The lowest BCUT2D eigenvalue weighted by molar-refractivity contribution is 0.419. The van der Waals surface area contributed by atoms with Crippen molar-refractivity contribution in [2.75, 3.05) is 30.9 Å². The van der Waals surface area contributed by atoms with Gasteiger partial charge in [0.2, 0.25) is 5.95 Å². The summed E-state index contributed by atoms with van der Waals surface area (Å²) in [6.07, 6.45) is 2.86. The zero-order valence-electron chi connectivity index (χ0n) is 17.5. The number of aromatic nitrogens is 5. The lowest BCUT2D eigenvalue weighted by Gasteiger charge is -2.19. The van der Waals surface area contributed by atoms with Crippen LogP contribution in [0.4, 0.5) is 11.8 Å². The van der Waals surface area contributed by atoms with Crippen molar-refractivity contribution in [3.63, 3.8) is 0 Å². The molecule has 0 bridgehead atoms. The Balaban J connectivity index is 1.72. The number of anilines is 2. The maximum Gasteiger partial charge on any atom is 0.228 e. The average Bonchev–Trinajstić information content (AvgIpc) is 3.19. The van der Waals surface area contributed by atoms with Crippen LogP contribution in [0.3, 0.4) is 0 Å². The summed E-state index contributed by atoms with van der Waals surface area (Å²) >= 11 is 0. The molecule has 3 aromatic heterocycles. The number of rotatable bonds is 8. The molecule has 0 unspecified atom stereocenters. The Morgan fingerprint density at radius 1 is 1.17 bits per heavy atom. The topological polar surface area (TPSA) is 80.5 Å². The SMILES string of the molecule is C=C(CC)CNc1nc(N(C)Cc2nnc3ccccn23)nc2c(OC)cccc12. The predicted molar refractivity (Wildman–Crippen MR) is 119 cm³/mol. The number of nitrogens with zero attached hydrogens (tertiary/aromatic N) is 6. The summed E-state index contributed by atoms with van der Waals surface area (Å²) in [5.41, 5.74) is 2.67. The van der Waals surface area contributed by atoms with Crippen molar-refractivity contribution in [3.8, 4) is 5.75 Å². The number of fused-ring (bicyclic) bond motifs is 2. The molecule has 0 radical (unpaired) electrons. The number of pyridine rings is 1. The van der Waals surface area contributed by atoms with Crippen LogP contribution in [0.2, 0.25) is 0 Å². The highest BCUT2D eigenvalue weighted by molar-refractivity contribution is 5.94. The second kappa shape index (κ2) is 8.36. The van der Waals surface area contributed by atoms with Crippen molar-refractivity contribution in [2.45, 2.75) is 19.9 Å². The number of methoxy groups -OCH3 is 1. The van der Waals surface area contributed by atoms with Crippen LogP contribution in [0.25, 0.3) is 16.6 Å². The number of nitrogens with one attached hydrogen (secondary N) is 1. The van der Waals surface area contributed by atoms with Crippen LogP contribution >= 0.6 is 0 Å². The minimum absolute atomic E-state index is 0.507. The van der Waals surface area contributed by atoms with Gasteiger partial charge in [-0.15, -0.1) is 10.2 Å². The Bertz CT molecular complexity index is 1200. The van der Waals surface area contributed by atoms with E-state index in [0.717, 1.165) is 40.2 Å². The number of ether oxygens (including phenoxy) is 1. The van der Waals surface area contributed by atoms with Crippen molar-refractivity contribution >= 4 is 28.3 Å². The highest BCUT2D eigenvalue weighted by Gasteiger charge is 2.16. The minimum Gasteiger partial charge on any atom is -0.494 e. The molecular formula is C22H25N7O. The summed E-state index contributed by atoms with van der Waals surface area (Å²) < 4.78 is 7.51. The van der Waals surface area contributed by atoms with Gasteiger partial charge in [0.05, 0.1) is 13.7 Å². The van der Waals surface area contributed by atoms with E-state index in [0.29, 0.717) is 24.8 Å². The van der Waals surface area contributed by atoms with Crippen LogP contribution in [0.15, 0.2) is 54.7 Å². The molecule has 0 aliphatic carbocycles. The summed E-state index contributed by atoms with van der Waals surface area (Å²) in [4.78, 5) is 11.5. The molecule has 4 aromatic rings. The Morgan fingerprint density at radius 2 is 2.03 bits per heavy atom. The molecule has 0 saturated heterocycles. The van der Waals surface area contributed by atoms with Gasteiger partial charge in [-0.05, 0) is 30.7 Å². The molecule has 0 fully saturated rings. The minimum atomic E-state index is 0.507. The van der Waals surface area contributed by atoms with Gasteiger partial charge in [-0.3, -0.25) is 4.40 Å². The molecule has 1 N–H and O–H groups in total. The first kappa shape index (κ1) is 19.6. The fourth-order valence-electron chi connectivity index (χ4n) is 3.20. The molecule has 30 heavy (non-hydrogen) atoms. The third-order valence-corrected chi connectivity index (χ3v) is 5.01. The van der Waals surface area contributed by atoms with Crippen molar-refractivity contribution in [2.24, 2.45) is 0 Å². The Kier molecular flexibility index (Phi) is 5.47. The summed E-state index contributed by atoms with van der Waals surface area (Å²) in [6.45, 7) is 7.33. The van der Waals surface area contributed by atoms with Crippen LogP contribution < -0.4 is 15.0 Å². The van der Waals surface area contributed by atoms with Crippen LogP contribution in [0, 0.1) is 0 Å². The van der Waals surface area contributed by atoms with Crippen molar-refractivity contribution in [1.29, 1.82) is 0 Å². The monoisotopic (exact) mass is 403 g/mol. The quantitative estimate of drug-likeness (QED) is 0.449. The number of para-hydroxylation sites is 1. The van der Waals surface area contributed by atoms with Gasteiger partial charge in [0.15, 0.2) is 11.5 Å². The van der Waals surface area contributed by atoms with E-state index in [1.807, 2.05) is 58.9 Å².